The van der Waals surface area contributed by atoms with Crippen LogP contribution in [-0.2, 0) is 16.8 Å². The number of halogens is 2. The number of carbonyl (C=O) groups is 2. The number of aliphatic hydroxyl groups is 1. The molecule has 7 heteroatoms. The van der Waals surface area contributed by atoms with Crippen molar-refractivity contribution >= 4 is 56.2 Å². The number of anilines is 1. The highest BCUT2D eigenvalue weighted by atomic mass is 79.9. The monoisotopic (exact) mass is 489 g/mol. The van der Waals surface area contributed by atoms with Gasteiger partial charge in [0.2, 0.25) is 0 Å². The van der Waals surface area contributed by atoms with Gasteiger partial charge in [0.1, 0.15) is 0 Å². The Labute approximate surface area is 185 Å². The zero-order valence-electron chi connectivity index (χ0n) is 15.3. The number of nitrogens with zero attached hydrogens (tertiary/aromatic N) is 1. The van der Waals surface area contributed by atoms with Crippen molar-refractivity contribution in [2.24, 2.45) is 0 Å². The number of hydrogen-bond donors (Lipinski definition) is 1. The van der Waals surface area contributed by atoms with E-state index in [1.54, 1.807) is 35.2 Å². The zero-order chi connectivity index (χ0) is 20.6. The third-order valence-electron chi connectivity index (χ3n) is 5.03. The minimum absolute atomic E-state index is 0.285. The summed E-state index contributed by atoms with van der Waals surface area (Å²) in [4.78, 5) is 28.1. The molecule has 2 heterocycles. The number of rotatable bonds is 6. The van der Waals surface area contributed by atoms with E-state index in [1.165, 1.54) is 11.3 Å². The van der Waals surface area contributed by atoms with Crippen molar-refractivity contribution in [3.63, 3.8) is 0 Å². The quantitative estimate of drug-likeness (QED) is 0.482. The Morgan fingerprint density at radius 1 is 1.14 bits per heavy atom. The maximum atomic E-state index is 13.3. The van der Waals surface area contributed by atoms with E-state index in [1.807, 2.05) is 30.3 Å². The average molecular weight is 491 g/mol. The Balaban J connectivity index is 1.65. The molecule has 1 aliphatic rings. The molecule has 0 fully saturated rings. The Morgan fingerprint density at radius 3 is 2.59 bits per heavy atom. The maximum absolute atomic E-state index is 13.3. The molecule has 3 aromatic rings. The number of benzene rings is 2. The highest BCUT2D eigenvalue weighted by Crippen LogP contribution is 2.44. The molecule has 2 aromatic carbocycles. The van der Waals surface area contributed by atoms with Gasteiger partial charge in [-0.05, 0) is 58.2 Å². The van der Waals surface area contributed by atoms with E-state index in [-0.39, 0.29) is 12.2 Å². The molecule has 1 amide bonds. The van der Waals surface area contributed by atoms with E-state index in [4.69, 9.17) is 11.6 Å². The molecular weight excluding hydrogens is 474 g/mol. The molecule has 0 saturated heterocycles. The molecule has 4 rings (SSSR count). The number of amides is 1. The van der Waals surface area contributed by atoms with Gasteiger partial charge >= 0.3 is 0 Å². The van der Waals surface area contributed by atoms with E-state index in [9.17, 15) is 14.7 Å². The number of carbonyl (C=O) groups excluding carboxylic acids is 2. The second kappa shape index (κ2) is 8.03. The number of Topliss-reactive ketones (excluding diaryl/α,β-unsaturated/α-hetero) is 1. The fraction of sp³-hybridized carbons (Fsp3) is 0.182. The van der Waals surface area contributed by atoms with Crippen LogP contribution in [0, 0.1) is 0 Å². The van der Waals surface area contributed by atoms with Crippen LogP contribution in [0.4, 0.5) is 5.69 Å². The van der Waals surface area contributed by atoms with Gasteiger partial charge in [0.15, 0.2) is 11.4 Å². The van der Waals surface area contributed by atoms with Crippen molar-refractivity contribution in [2.75, 3.05) is 11.4 Å². The van der Waals surface area contributed by atoms with Crippen molar-refractivity contribution in [3.05, 3.63) is 85.5 Å². The Hall–Kier alpha value is -1.99. The molecule has 0 bridgehead atoms. The smallest absolute Gasteiger partial charge is 0.264 e. The van der Waals surface area contributed by atoms with E-state index in [0.717, 1.165) is 9.35 Å². The highest BCUT2D eigenvalue weighted by molar-refractivity contribution is 9.11. The summed E-state index contributed by atoms with van der Waals surface area (Å²) in [5, 5.41) is 11.8. The van der Waals surface area contributed by atoms with Crippen molar-refractivity contribution in [1.82, 2.24) is 0 Å². The van der Waals surface area contributed by atoms with Gasteiger partial charge in [0, 0.05) is 17.1 Å². The fourth-order valence-corrected chi connectivity index (χ4v) is 5.08. The van der Waals surface area contributed by atoms with Gasteiger partial charge in [-0.2, -0.15) is 0 Å². The SMILES string of the molecule is O=C(C[C@]1(O)C(=O)N(CCc2ccccc2)c2ccc(Cl)cc21)c1ccc(Br)s1. The van der Waals surface area contributed by atoms with Crippen molar-refractivity contribution < 1.29 is 14.7 Å². The molecule has 0 radical (unpaired) electrons. The fourth-order valence-electron chi connectivity index (χ4n) is 3.58. The lowest BCUT2D eigenvalue weighted by atomic mass is 9.89. The summed E-state index contributed by atoms with van der Waals surface area (Å²) >= 11 is 10.8. The van der Waals surface area contributed by atoms with Crippen molar-refractivity contribution in [2.45, 2.75) is 18.4 Å². The van der Waals surface area contributed by atoms with E-state index >= 15 is 0 Å². The van der Waals surface area contributed by atoms with Gasteiger partial charge in [-0.15, -0.1) is 11.3 Å². The average Bonchev–Trinajstić information content (AvgIpc) is 3.23. The third kappa shape index (κ3) is 3.90. The summed E-state index contributed by atoms with van der Waals surface area (Å²) in [6.45, 7) is 0.401. The van der Waals surface area contributed by atoms with Gasteiger partial charge < -0.3 is 10.0 Å². The van der Waals surface area contributed by atoms with Gasteiger partial charge in [0.25, 0.3) is 5.91 Å². The molecule has 0 unspecified atom stereocenters. The zero-order valence-corrected chi connectivity index (χ0v) is 18.4. The molecule has 0 spiro atoms. The first kappa shape index (κ1) is 20.3. The number of thiophene rings is 1. The molecule has 148 valence electrons. The first-order valence-corrected chi connectivity index (χ1v) is 11.0. The largest absolute Gasteiger partial charge is 0.375 e. The Bertz CT molecular complexity index is 1080. The minimum Gasteiger partial charge on any atom is -0.375 e. The second-order valence-electron chi connectivity index (χ2n) is 6.92. The van der Waals surface area contributed by atoms with Gasteiger partial charge in [-0.1, -0.05) is 41.9 Å². The molecule has 1 N–H and O–H groups in total. The van der Waals surface area contributed by atoms with Crippen LogP contribution >= 0.6 is 38.9 Å². The standard InChI is InChI=1S/C22H17BrClNO3S/c23-20-9-8-19(29-20)18(26)13-22(28)16-12-15(24)6-7-17(16)25(21(22)27)11-10-14-4-2-1-3-5-14/h1-9,12,28H,10-11,13H2/t22-/m1/s1. The lowest BCUT2D eigenvalue weighted by Crippen LogP contribution is -2.42. The lowest BCUT2D eigenvalue weighted by molar-refractivity contribution is -0.135. The van der Waals surface area contributed by atoms with Crippen LogP contribution in [0.3, 0.4) is 0 Å². The number of hydrogen-bond acceptors (Lipinski definition) is 4. The van der Waals surface area contributed by atoms with Crippen LogP contribution < -0.4 is 4.90 Å². The third-order valence-corrected chi connectivity index (χ3v) is 6.93. The summed E-state index contributed by atoms with van der Waals surface area (Å²) in [6.07, 6.45) is 0.310. The van der Waals surface area contributed by atoms with Crippen LogP contribution in [0.25, 0.3) is 0 Å². The van der Waals surface area contributed by atoms with Gasteiger partial charge in [-0.25, -0.2) is 0 Å². The van der Waals surface area contributed by atoms with Crippen LogP contribution in [0.2, 0.25) is 5.02 Å². The number of ketones is 1. The number of fused-ring (bicyclic) bond motifs is 1. The van der Waals surface area contributed by atoms with Gasteiger partial charge in [0.05, 0.1) is 20.8 Å². The predicted octanol–water partition coefficient (Wildman–Crippen LogP) is 5.21. The van der Waals surface area contributed by atoms with E-state index in [2.05, 4.69) is 15.9 Å². The lowest BCUT2D eigenvalue weighted by Gasteiger charge is -2.22. The summed E-state index contributed by atoms with van der Waals surface area (Å²) in [7, 11) is 0. The molecule has 4 nitrogen and oxygen atoms in total. The molecule has 29 heavy (non-hydrogen) atoms. The first-order chi connectivity index (χ1) is 13.9. The van der Waals surface area contributed by atoms with Crippen molar-refractivity contribution in [3.8, 4) is 0 Å². The van der Waals surface area contributed by atoms with E-state index in [0.29, 0.717) is 34.1 Å². The molecule has 1 aliphatic heterocycles. The summed E-state index contributed by atoms with van der Waals surface area (Å²) in [6, 6.07) is 18.3. The van der Waals surface area contributed by atoms with Crippen molar-refractivity contribution in [1.29, 1.82) is 0 Å². The molecule has 1 aromatic heterocycles. The second-order valence-corrected chi connectivity index (χ2v) is 9.82. The molecule has 0 saturated carbocycles. The van der Waals surface area contributed by atoms with Crippen LogP contribution in [0.1, 0.15) is 27.2 Å². The molecular formula is C22H17BrClNO3S. The van der Waals surface area contributed by atoms with Crippen LogP contribution in [0.5, 0.6) is 0 Å². The summed E-state index contributed by atoms with van der Waals surface area (Å²) in [5.41, 5.74) is 0.139. The predicted molar refractivity (Wildman–Crippen MR) is 119 cm³/mol. The van der Waals surface area contributed by atoms with E-state index < -0.39 is 11.5 Å². The summed E-state index contributed by atoms with van der Waals surface area (Å²) in [5.74, 6) is -0.776. The van der Waals surface area contributed by atoms with Gasteiger partial charge in [-0.3, -0.25) is 9.59 Å². The summed E-state index contributed by atoms with van der Waals surface area (Å²) < 4.78 is 0.818. The minimum atomic E-state index is -1.93. The molecule has 1 atom stereocenters. The van der Waals surface area contributed by atoms with Crippen LogP contribution in [-0.4, -0.2) is 23.3 Å². The highest BCUT2D eigenvalue weighted by Gasteiger charge is 2.51. The molecule has 0 aliphatic carbocycles. The Kier molecular flexibility index (Phi) is 5.62. The normalized spacial score (nSPS) is 18.2. The maximum Gasteiger partial charge on any atom is 0.264 e. The first-order valence-electron chi connectivity index (χ1n) is 9.05. The van der Waals surface area contributed by atoms with Crippen LogP contribution in [0.15, 0.2) is 64.5 Å². The topological polar surface area (TPSA) is 57.6 Å². The Morgan fingerprint density at radius 2 is 1.90 bits per heavy atom.